The molecule has 1 fully saturated rings. The normalized spacial score (nSPS) is 17.1. The molecule has 0 saturated carbocycles. The van der Waals surface area contributed by atoms with Crippen molar-refractivity contribution in [1.29, 1.82) is 0 Å². The van der Waals surface area contributed by atoms with Crippen LogP contribution in [0.4, 0.5) is 0 Å². The second kappa shape index (κ2) is 9.91. The predicted molar refractivity (Wildman–Crippen MR) is 132 cm³/mol. The van der Waals surface area contributed by atoms with Crippen LogP contribution in [0.3, 0.4) is 0 Å². The number of quaternary nitrogens is 1. The fourth-order valence-corrected chi connectivity index (χ4v) is 7.48. The molecule has 0 aromatic carbocycles. The lowest BCUT2D eigenvalue weighted by molar-refractivity contribution is -0.905. The summed E-state index contributed by atoms with van der Waals surface area (Å²) in [6.45, 7) is 7.45. The first-order chi connectivity index (χ1) is 15.3. The molecule has 0 spiro atoms. The Bertz CT molecular complexity index is 1080. The predicted octanol–water partition coefficient (Wildman–Crippen LogP) is 3.80. The van der Waals surface area contributed by atoms with Crippen molar-refractivity contribution >= 4 is 55.3 Å². The number of nitrogens with zero attached hydrogens (tertiary/aromatic N) is 3. The molecule has 166 valence electrons. The van der Waals surface area contributed by atoms with Crippen LogP contribution in [-0.4, -0.2) is 59.8 Å². The molecule has 1 N–H and O–H groups in total. The van der Waals surface area contributed by atoms with Gasteiger partial charge in [-0.2, -0.15) is 0 Å². The minimum absolute atomic E-state index is 0.884. The van der Waals surface area contributed by atoms with E-state index in [0.29, 0.717) is 0 Å². The Labute approximate surface area is 196 Å². The quantitative estimate of drug-likeness (QED) is 0.304. The van der Waals surface area contributed by atoms with Crippen LogP contribution < -0.4 is 4.90 Å². The number of thiophene rings is 1. The second-order valence-corrected chi connectivity index (χ2v) is 11.3. The molecule has 3 aromatic rings. The van der Waals surface area contributed by atoms with Gasteiger partial charge in [-0.25, -0.2) is 15.0 Å². The lowest BCUT2D eigenvalue weighted by Crippen LogP contribution is -3.14. The zero-order chi connectivity index (χ0) is 21.2. The van der Waals surface area contributed by atoms with E-state index in [1.165, 1.54) is 63.8 Å². The second-order valence-electron chi connectivity index (χ2n) is 8.41. The first-order valence-electron chi connectivity index (χ1n) is 11.5. The van der Waals surface area contributed by atoms with Crippen LogP contribution >= 0.6 is 34.9 Å². The summed E-state index contributed by atoms with van der Waals surface area (Å²) in [6.07, 6.45) is 9.21. The van der Waals surface area contributed by atoms with Crippen molar-refractivity contribution in [3.63, 3.8) is 0 Å². The van der Waals surface area contributed by atoms with Crippen molar-refractivity contribution in [2.75, 3.05) is 44.9 Å². The summed E-state index contributed by atoms with van der Waals surface area (Å²) in [6, 6.07) is 0. The van der Waals surface area contributed by atoms with Gasteiger partial charge in [0.25, 0.3) is 0 Å². The lowest BCUT2D eigenvalue weighted by Gasteiger charge is -2.23. The topological polar surface area (TPSA) is 52.3 Å². The Balaban J connectivity index is 1.52. The Morgan fingerprint density at radius 2 is 1.94 bits per heavy atom. The van der Waals surface area contributed by atoms with Gasteiger partial charge in [-0.3, -0.25) is 0 Å². The van der Waals surface area contributed by atoms with Gasteiger partial charge in [-0.05, 0) is 49.5 Å². The van der Waals surface area contributed by atoms with Crippen molar-refractivity contribution in [1.82, 2.24) is 15.0 Å². The number of hydrogen-bond donors (Lipinski definition) is 1. The summed E-state index contributed by atoms with van der Waals surface area (Å²) in [7, 11) is 0. The van der Waals surface area contributed by atoms with Crippen LogP contribution in [0.5, 0.6) is 0 Å². The number of aryl methyl sites for hydroxylation is 2. The third-order valence-corrected chi connectivity index (χ3v) is 9.15. The van der Waals surface area contributed by atoms with Crippen molar-refractivity contribution in [2.45, 2.75) is 55.6 Å². The third-order valence-electron chi connectivity index (χ3n) is 6.41. The fraction of sp³-hybridized carbons (Fsp3) is 0.609. The molecule has 0 bridgehead atoms. The number of fused-ring (bicyclic) bond motifs is 5. The molecule has 1 aliphatic carbocycles. The van der Waals surface area contributed by atoms with Crippen LogP contribution in [0.2, 0.25) is 0 Å². The smallest absolute Gasteiger partial charge is 0.189 e. The number of aromatic nitrogens is 3. The molecule has 4 heterocycles. The monoisotopic (exact) mass is 475 g/mol. The van der Waals surface area contributed by atoms with Gasteiger partial charge in [0.2, 0.25) is 0 Å². The molecule has 3 aromatic heterocycles. The average Bonchev–Trinajstić information content (AvgIpc) is 3.42. The van der Waals surface area contributed by atoms with E-state index in [1.54, 1.807) is 16.7 Å². The molecule has 31 heavy (non-hydrogen) atoms. The summed E-state index contributed by atoms with van der Waals surface area (Å²) in [5.74, 6) is 1.08. The van der Waals surface area contributed by atoms with Gasteiger partial charge in [0.05, 0.1) is 30.0 Å². The van der Waals surface area contributed by atoms with Gasteiger partial charge in [-0.1, -0.05) is 36.9 Å². The first-order valence-corrected chi connectivity index (χ1v) is 14.5. The Hall–Kier alpha value is -0.930. The molecule has 0 amide bonds. The highest BCUT2D eigenvalue weighted by Crippen LogP contribution is 2.42. The van der Waals surface area contributed by atoms with Crippen LogP contribution in [0.1, 0.15) is 43.0 Å². The van der Waals surface area contributed by atoms with Gasteiger partial charge in [0.15, 0.2) is 5.16 Å². The molecule has 2 aliphatic rings. The first kappa shape index (κ1) is 21.9. The minimum atomic E-state index is 0.884. The lowest BCUT2D eigenvalue weighted by atomic mass is 10.0. The Kier molecular flexibility index (Phi) is 7.00. The van der Waals surface area contributed by atoms with Crippen molar-refractivity contribution in [2.24, 2.45) is 0 Å². The van der Waals surface area contributed by atoms with Gasteiger partial charge in [0, 0.05) is 16.8 Å². The summed E-state index contributed by atoms with van der Waals surface area (Å²) in [4.78, 5) is 17.9. The summed E-state index contributed by atoms with van der Waals surface area (Å²) < 4.78 is 6.74. The van der Waals surface area contributed by atoms with E-state index in [9.17, 15) is 0 Å². The number of thioether (sulfide) groups is 2. The number of morpholine rings is 1. The van der Waals surface area contributed by atoms with Gasteiger partial charge >= 0.3 is 0 Å². The molecule has 0 radical (unpaired) electrons. The number of hydrogen-bond acceptors (Lipinski definition) is 7. The van der Waals surface area contributed by atoms with E-state index in [1.807, 2.05) is 23.1 Å². The van der Waals surface area contributed by atoms with E-state index in [-0.39, 0.29) is 0 Å². The Morgan fingerprint density at radius 3 is 2.74 bits per heavy atom. The molecular formula is C23H31N4OS3+. The molecular weight excluding hydrogens is 444 g/mol. The van der Waals surface area contributed by atoms with Crippen molar-refractivity contribution < 1.29 is 9.64 Å². The van der Waals surface area contributed by atoms with Crippen molar-refractivity contribution in [3.8, 4) is 0 Å². The molecule has 8 heteroatoms. The van der Waals surface area contributed by atoms with Crippen LogP contribution in [0, 0.1) is 0 Å². The van der Waals surface area contributed by atoms with Crippen molar-refractivity contribution in [3.05, 3.63) is 16.8 Å². The zero-order valence-corrected chi connectivity index (χ0v) is 20.9. The van der Waals surface area contributed by atoms with E-state index < -0.39 is 0 Å². The number of nitrogens with one attached hydrogen (secondary N) is 1. The highest BCUT2D eigenvalue weighted by atomic mass is 32.2. The van der Waals surface area contributed by atoms with Gasteiger partial charge in [-0.15, -0.1) is 11.3 Å². The van der Waals surface area contributed by atoms with Gasteiger partial charge < -0.3 is 9.64 Å². The van der Waals surface area contributed by atoms with E-state index in [4.69, 9.17) is 19.7 Å². The summed E-state index contributed by atoms with van der Waals surface area (Å²) in [5.41, 5.74) is 5.54. The fourth-order valence-electron chi connectivity index (χ4n) is 4.74. The zero-order valence-electron chi connectivity index (χ0n) is 18.5. The number of ether oxygens (including phenoxy) is 1. The van der Waals surface area contributed by atoms with E-state index in [0.717, 1.165) is 60.7 Å². The SMILES string of the molecule is CCCCc1nc2sc3c(SCC[NH+]4CCOCC4)nc(SC)nc3c2c2c1CCC2. The van der Waals surface area contributed by atoms with E-state index in [2.05, 4.69) is 13.2 Å². The minimum Gasteiger partial charge on any atom is -0.370 e. The third kappa shape index (κ3) is 4.47. The molecule has 1 aliphatic heterocycles. The highest BCUT2D eigenvalue weighted by molar-refractivity contribution is 7.99. The maximum atomic E-state index is 5.50. The highest BCUT2D eigenvalue weighted by Gasteiger charge is 2.25. The summed E-state index contributed by atoms with van der Waals surface area (Å²) >= 11 is 5.36. The van der Waals surface area contributed by atoms with E-state index >= 15 is 0 Å². The molecule has 1 saturated heterocycles. The Morgan fingerprint density at radius 1 is 1.10 bits per heavy atom. The average molecular weight is 476 g/mol. The number of unbranched alkanes of at least 4 members (excludes halogenated alkanes) is 1. The molecule has 0 atom stereocenters. The van der Waals surface area contributed by atoms with Crippen LogP contribution in [-0.2, 0) is 24.0 Å². The standard InChI is InChI=1S/C23H30N4OS3/c1-3-4-8-17-15-6-5-7-16(15)18-19-20(31-21(18)24-17)22(26-23(25-19)29-2)30-14-11-27-9-12-28-13-10-27/h3-14H2,1-2H3/p+1. The van der Waals surface area contributed by atoms with Gasteiger partial charge in [0.1, 0.15) is 22.9 Å². The largest absolute Gasteiger partial charge is 0.370 e. The maximum Gasteiger partial charge on any atom is 0.189 e. The number of pyridine rings is 1. The molecule has 5 rings (SSSR count). The van der Waals surface area contributed by atoms with Crippen LogP contribution in [0.25, 0.3) is 20.4 Å². The van der Waals surface area contributed by atoms with Crippen LogP contribution in [0.15, 0.2) is 10.2 Å². The summed E-state index contributed by atoms with van der Waals surface area (Å²) in [5, 5.41) is 3.35. The molecule has 5 nitrogen and oxygen atoms in total. The molecule has 0 unspecified atom stereocenters. The number of rotatable bonds is 8. The maximum absolute atomic E-state index is 5.50.